The molecule has 0 atom stereocenters. The Morgan fingerprint density at radius 3 is 2.18 bits per heavy atom. The zero-order valence-corrected chi connectivity index (χ0v) is 19.0. The molecular formula is C20H21Br2ClN2O3. The summed E-state index contributed by atoms with van der Waals surface area (Å²) in [6.45, 7) is 0. The quantitative estimate of drug-likeness (QED) is 0.296. The largest absolute Gasteiger partial charge is 0.326 e. The van der Waals surface area contributed by atoms with Crippen LogP contribution in [0.3, 0.4) is 0 Å². The zero-order chi connectivity index (χ0) is 20.5. The summed E-state index contributed by atoms with van der Waals surface area (Å²) >= 11 is 11.1. The van der Waals surface area contributed by atoms with Crippen molar-refractivity contribution in [1.82, 2.24) is 5.00 Å². The number of ketones is 1. The average molecular weight is 533 g/mol. The number of hydrogen-bond donors (Lipinski definition) is 3. The molecule has 1 heterocycles. The van der Waals surface area contributed by atoms with E-state index in [-0.39, 0.29) is 11.7 Å². The van der Waals surface area contributed by atoms with Gasteiger partial charge in [0.25, 0.3) is 0 Å². The highest BCUT2D eigenvalue weighted by Crippen LogP contribution is 2.26. The summed E-state index contributed by atoms with van der Waals surface area (Å²) in [6.07, 6.45) is 5.33. The van der Waals surface area contributed by atoms with Crippen molar-refractivity contribution in [1.29, 1.82) is 0 Å². The van der Waals surface area contributed by atoms with Gasteiger partial charge in [-0.25, -0.2) is 0 Å². The average Bonchev–Trinajstić information content (AvgIpc) is 2.84. The van der Waals surface area contributed by atoms with Crippen LogP contribution in [0, 0.1) is 0 Å². The maximum atomic E-state index is 11.4. The standard InChI is InChI=1S/C10H10BrNO.C10H9BrO.ClH2NO/c11-8-5-4-7-2-1-3-10(13)12-9(7)6-8;11-8-5-4-7-2-1-3-10(12)9(7)6-8;1-2-3/h4-6H,1-3H2,(H,12,13);4-6H,1-3H2;2-3H. The number of Topliss-reactive ketones (excluding diaryl/α,β-unsaturated/α-hetero) is 1. The molecule has 0 saturated carbocycles. The lowest BCUT2D eigenvalue weighted by atomic mass is 9.91. The van der Waals surface area contributed by atoms with Gasteiger partial charge in [0.2, 0.25) is 5.91 Å². The Balaban J connectivity index is 0.000000176. The van der Waals surface area contributed by atoms with E-state index in [4.69, 9.17) is 5.21 Å². The Bertz CT molecular complexity index is 846. The van der Waals surface area contributed by atoms with Crippen LogP contribution in [-0.2, 0) is 17.6 Å². The Labute approximate surface area is 186 Å². The number of rotatable bonds is 0. The Morgan fingerprint density at radius 1 is 0.893 bits per heavy atom. The third-order valence-electron chi connectivity index (χ3n) is 4.42. The number of carbonyl (C=O) groups excluding carboxylic acids is 2. The lowest BCUT2D eigenvalue weighted by Crippen LogP contribution is -2.10. The summed E-state index contributed by atoms with van der Waals surface area (Å²) in [4.78, 5) is 23.9. The van der Waals surface area contributed by atoms with E-state index in [1.54, 1.807) is 0 Å². The summed E-state index contributed by atoms with van der Waals surface area (Å²) in [5.74, 6) is 0.411. The lowest BCUT2D eigenvalue weighted by molar-refractivity contribution is -0.116. The van der Waals surface area contributed by atoms with Crippen molar-refractivity contribution in [3.05, 3.63) is 62.0 Å². The maximum Gasteiger partial charge on any atom is 0.224 e. The first-order valence-corrected chi connectivity index (χ1v) is 10.8. The molecule has 0 unspecified atom stereocenters. The van der Waals surface area contributed by atoms with Gasteiger partial charge in [0, 0.05) is 44.8 Å². The van der Waals surface area contributed by atoms with Crippen molar-refractivity contribution >= 4 is 61.0 Å². The van der Waals surface area contributed by atoms with Crippen molar-refractivity contribution < 1.29 is 14.8 Å². The van der Waals surface area contributed by atoms with E-state index >= 15 is 0 Å². The van der Waals surface area contributed by atoms with Crippen LogP contribution in [0.2, 0.25) is 0 Å². The molecule has 1 aliphatic carbocycles. The summed E-state index contributed by atoms with van der Waals surface area (Å²) < 4.78 is 2.00. The number of halogens is 3. The second-order valence-electron chi connectivity index (χ2n) is 6.37. The summed E-state index contributed by atoms with van der Waals surface area (Å²) in [5, 5.41) is 9.98. The van der Waals surface area contributed by atoms with Crippen molar-refractivity contribution in [2.75, 3.05) is 5.32 Å². The second kappa shape index (κ2) is 11.7. The number of amides is 1. The first kappa shape index (κ1) is 23.0. The molecule has 2 aromatic carbocycles. The third kappa shape index (κ3) is 6.97. The van der Waals surface area contributed by atoms with Crippen LogP contribution >= 0.6 is 43.6 Å². The fraction of sp³-hybridized carbons (Fsp3) is 0.300. The van der Waals surface area contributed by atoms with Crippen LogP contribution in [-0.4, -0.2) is 16.9 Å². The van der Waals surface area contributed by atoms with Crippen LogP contribution in [0.1, 0.15) is 47.2 Å². The monoisotopic (exact) mass is 530 g/mol. The molecule has 0 radical (unpaired) electrons. The molecule has 0 spiro atoms. The van der Waals surface area contributed by atoms with E-state index < -0.39 is 0 Å². The highest BCUT2D eigenvalue weighted by Gasteiger charge is 2.16. The Kier molecular flexibility index (Phi) is 9.61. The van der Waals surface area contributed by atoms with Crippen LogP contribution in [0.15, 0.2) is 45.3 Å². The third-order valence-corrected chi connectivity index (χ3v) is 5.40. The fourth-order valence-corrected chi connectivity index (χ4v) is 3.86. The SMILES string of the molecule is O=C1CCCc2ccc(Br)cc21.O=C1CCCc2ccc(Br)cc2N1.ONCl. The number of benzene rings is 2. The molecule has 0 fully saturated rings. The summed E-state index contributed by atoms with van der Waals surface area (Å²) in [7, 11) is 0. The smallest absolute Gasteiger partial charge is 0.224 e. The minimum absolute atomic E-state index is 0.122. The van der Waals surface area contributed by atoms with E-state index in [9.17, 15) is 9.59 Å². The van der Waals surface area contributed by atoms with Crippen LogP contribution in [0.5, 0.6) is 0 Å². The van der Waals surface area contributed by atoms with Crippen LogP contribution < -0.4 is 10.3 Å². The highest BCUT2D eigenvalue weighted by atomic mass is 79.9. The van der Waals surface area contributed by atoms with Gasteiger partial charge in [0.05, 0.1) is 0 Å². The number of carbonyl (C=O) groups is 2. The van der Waals surface area contributed by atoms with Crippen LogP contribution in [0.4, 0.5) is 5.69 Å². The van der Waals surface area contributed by atoms with Gasteiger partial charge in [0.1, 0.15) is 0 Å². The van der Waals surface area contributed by atoms with Crippen molar-refractivity contribution in [2.24, 2.45) is 0 Å². The lowest BCUT2D eigenvalue weighted by Gasteiger charge is -2.13. The molecule has 1 aliphatic heterocycles. The summed E-state index contributed by atoms with van der Waals surface area (Å²) in [6, 6.07) is 12.0. The first-order valence-electron chi connectivity index (χ1n) is 8.84. The van der Waals surface area contributed by atoms with E-state index in [0.717, 1.165) is 45.9 Å². The molecule has 8 heteroatoms. The van der Waals surface area contributed by atoms with E-state index in [2.05, 4.69) is 55.0 Å². The predicted octanol–water partition coefficient (Wildman–Crippen LogP) is 5.81. The molecule has 150 valence electrons. The van der Waals surface area contributed by atoms with Crippen molar-refractivity contribution in [2.45, 2.75) is 38.5 Å². The van der Waals surface area contributed by atoms with Crippen LogP contribution in [0.25, 0.3) is 0 Å². The topological polar surface area (TPSA) is 78.4 Å². The molecular weight excluding hydrogens is 511 g/mol. The number of anilines is 1. The van der Waals surface area contributed by atoms with Gasteiger partial charge in [-0.05, 0) is 61.1 Å². The van der Waals surface area contributed by atoms with Gasteiger partial charge in [-0.1, -0.05) is 44.0 Å². The molecule has 3 N–H and O–H groups in total. The zero-order valence-electron chi connectivity index (χ0n) is 15.1. The molecule has 2 aromatic rings. The molecule has 0 saturated heterocycles. The Hall–Kier alpha value is -1.25. The molecule has 0 bridgehead atoms. The van der Waals surface area contributed by atoms with Gasteiger partial charge in [0.15, 0.2) is 5.78 Å². The van der Waals surface area contributed by atoms with Crippen molar-refractivity contribution in [3.63, 3.8) is 0 Å². The van der Waals surface area contributed by atoms with Gasteiger partial charge in [-0.15, -0.1) is 5.00 Å². The van der Waals surface area contributed by atoms with E-state index in [1.165, 1.54) is 16.1 Å². The normalized spacial score (nSPS) is 14.9. The molecule has 4 rings (SSSR count). The van der Waals surface area contributed by atoms with Gasteiger partial charge in [-0.2, -0.15) is 0 Å². The number of nitrogens with one attached hydrogen (secondary N) is 2. The molecule has 1 amide bonds. The maximum absolute atomic E-state index is 11.4. The summed E-state index contributed by atoms with van der Waals surface area (Å²) in [5.41, 5.74) is 4.30. The van der Waals surface area contributed by atoms with E-state index in [1.807, 2.05) is 30.3 Å². The number of hydrogen-bond acceptors (Lipinski definition) is 4. The van der Waals surface area contributed by atoms with E-state index in [0.29, 0.717) is 12.8 Å². The second-order valence-corrected chi connectivity index (χ2v) is 8.37. The van der Waals surface area contributed by atoms with Gasteiger partial charge >= 0.3 is 0 Å². The molecule has 2 aliphatic rings. The highest BCUT2D eigenvalue weighted by molar-refractivity contribution is 9.10. The molecule has 0 aromatic heterocycles. The van der Waals surface area contributed by atoms with Gasteiger partial charge < -0.3 is 10.5 Å². The van der Waals surface area contributed by atoms with Crippen molar-refractivity contribution in [3.8, 4) is 0 Å². The Morgan fingerprint density at radius 2 is 1.46 bits per heavy atom. The fourth-order valence-electron chi connectivity index (χ4n) is 3.14. The number of fused-ring (bicyclic) bond motifs is 2. The molecule has 28 heavy (non-hydrogen) atoms. The predicted molar refractivity (Wildman–Crippen MR) is 118 cm³/mol. The number of aryl methyl sites for hydroxylation is 2. The minimum atomic E-state index is 0.122. The van der Waals surface area contributed by atoms with Gasteiger partial charge in [-0.3, -0.25) is 9.59 Å². The molecule has 5 nitrogen and oxygen atoms in total. The first-order chi connectivity index (χ1) is 13.4. The minimum Gasteiger partial charge on any atom is -0.326 e.